The molecule has 0 amide bonds. The lowest BCUT2D eigenvalue weighted by Crippen LogP contribution is -2.37. The van der Waals surface area contributed by atoms with E-state index in [0.29, 0.717) is 0 Å². The molecule has 0 radical (unpaired) electrons. The minimum absolute atomic E-state index is 1.06. The molecule has 0 saturated carbocycles. The van der Waals surface area contributed by atoms with Crippen molar-refractivity contribution in [1.29, 1.82) is 0 Å². The van der Waals surface area contributed by atoms with Gasteiger partial charge in [0.15, 0.2) is 0 Å². The Morgan fingerprint density at radius 1 is 0.680 bits per heavy atom. The third-order valence-corrected chi connectivity index (χ3v) is 7.67. The van der Waals surface area contributed by atoms with Crippen molar-refractivity contribution in [3.63, 3.8) is 0 Å². The van der Waals surface area contributed by atoms with Crippen LogP contribution in [0.5, 0.6) is 0 Å². The Morgan fingerprint density at radius 2 is 1.44 bits per heavy atom. The summed E-state index contributed by atoms with van der Waals surface area (Å²) in [6.45, 7) is 7.28. The maximum absolute atomic E-state index is 2.47. The van der Waals surface area contributed by atoms with Crippen LogP contribution in [0.15, 0.2) is 66.7 Å². The Balaban J connectivity index is 1.77. The van der Waals surface area contributed by atoms with Crippen LogP contribution in [0.1, 0.15) is 11.1 Å². The molecule has 1 heteroatoms. The van der Waals surface area contributed by atoms with Crippen LogP contribution in [-0.2, 0) is 6.42 Å². The molecular formula is C24H22Si. The minimum Gasteiger partial charge on any atom is -0.0656 e. The molecule has 1 aliphatic carbocycles. The van der Waals surface area contributed by atoms with Gasteiger partial charge in [0.2, 0.25) is 0 Å². The average molecular weight is 339 g/mol. The molecule has 0 fully saturated rings. The summed E-state index contributed by atoms with van der Waals surface area (Å²) in [6.07, 6.45) is 1.06. The van der Waals surface area contributed by atoms with Gasteiger partial charge in [-0.25, -0.2) is 0 Å². The summed E-state index contributed by atoms with van der Waals surface area (Å²) in [4.78, 5) is 0. The van der Waals surface area contributed by atoms with Gasteiger partial charge >= 0.3 is 0 Å². The number of fused-ring (bicyclic) bond motifs is 6. The van der Waals surface area contributed by atoms with E-state index in [1.165, 1.54) is 43.8 Å². The fourth-order valence-corrected chi connectivity index (χ4v) is 5.32. The third kappa shape index (κ3) is 2.26. The lowest BCUT2D eigenvalue weighted by atomic mass is 9.96. The maximum Gasteiger partial charge on any atom is 0.0776 e. The van der Waals surface area contributed by atoms with Gasteiger partial charge in [0.1, 0.15) is 0 Å². The molecule has 1 aliphatic rings. The van der Waals surface area contributed by atoms with E-state index >= 15 is 0 Å². The van der Waals surface area contributed by atoms with E-state index in [2.05, 4.69) is 86.4 Å². The molecular weight excluding hydrogens is 316 g/mol. The summed E-state index contributed by atoms with van der Waals surface area (Å²) in [6, 6.07) is 25.3. The molecule has 0 heterocycles. The Labute approximate surface area is 150 Å². The van der Waals surface area contributed by atoms with Crippen molar-refractivity contribution >= 4 is 34.8 Å². The SMILES string of the molecule is C[Si](C)(C)c1ccc2c(c1)-c1ccc3cc4ccccc4cc3c1C2. The zero-order valence-corrected chi connectivity index (χ0v) is 16.1. The summed E-state index contributed by atoms with van der Waals surface area (Å²) in [7, 11) is -1.29. The smallest absolute Gasteiger partial charge is 0.0656 e. The zero-order valence-electron chi connectivity index (χ0n) is 15.1. The average Bonchev–Trinajstić information content (AvgIpc) is 2.97. The molecule has 0 atom stereocenters. The van der Waals surface area contributed by atoms with Crippen molar-refractivity contribution in [2.24, 2.45) is 0 Å². The fraction of sp³-hybridized carbons (Fsp3) is 0.167. The van der Waals surface area contributed by atoms with Crippen LogP contribution >= 0.6 is 0 Å². The second-order valence-electron chi connectivity index (χ2n) is 8.31. The molecule has 0 aromatic heterocycles. The van der Waals surface area contributed by atoms with Crippen molar-refractivity contribution in [3.05, 3.63) is 77.9 Å². The highest BCUT2D eigenvalue weighted by Crippen LogP contribution is 2.41. The van der Waals surface area contributed by atoms with Crippen LogP contribution < -0.4 is 5.19 Å². The lowest BCUT2D eigenvalue weighted by molar-refractivity contribution is 1.29. The van der Waals surface area contributed by atoms with E-state index < -0.39 is 8.07 Å². The Bertz CT molecular complexity index is 1150. The predicted molar refractivity (Wildman–Crippen MR) is 113 cm³/mol. The Morgan fingerprint density at radius 3 is 2.20 bits per heavy atom. The monoisotopic (exact) mass is 338 g/mol. The number of hydrogen-bond donors (Lipinski definition) is 0. The van der Waals surface area contributed by atoms with E-state index in [1.54, 1.807) is 5.19 Å². The zero-order chi connectivity index (χ0) is 17.2. The number of rotatable bonds is 1. The van der Waals surface area contributed by atoms with Gasteiger partial charge in [-0.1, -0.05) is 79.4 Å². The normalized spacial score (nSPS) is 13.2. The van der Waals surface area contributed by atoms with Crippen LogP contribution in [0, 0.1) is 0 Å². The van der Waals surface area contributed by atoms with E-state index in [-0.39, 0.29) is 0 Å². The topological polar surface area (TPSA) is 0 Å². The molecule has 0 unspecified atom stereocenters. The van der Waals surface area contributed by atoms with Gasteiger partial charge in [0.05, 0.1) is 8.07 Å². The van der Waals surface area contributed by atoms with Crippen LogP contribution in [0.3, 0.4) is 0 Å². The number of benzene rings is 4. The molecule has 4 aromatic rings. The maximum atomic E-state index is 2.47. The van der Waals surface area contributed by atoms with E-state index in [0.717, 1.165) is 6.42 Å². The van der Waals surface area contributed by atoms with Crippen molar-refractivity contribution in [2.45, 2.75) is 26.1 Å². The molecule has 25 heavy (non-hydrogen) atoms. The molecule has 5 rings (SSSR count). The first kappa shape index (κ1) is 14.9. The minimum atomic E-state index is -1.29. The van der Waals surface area contributed by atoms with Crippen molar-refractivity contribution < 1.29 is 0 Å². The van der Waals surface area contributed by atoms with E-state index in [1.807, 2.05) is 0 Å². The molecule has 0 saturated heterocycles. The quantitative estimate of drug-likeness (QED) is 0.255. The van der Waals surface area contributed by atoms with Gasteiger partial charge < -0.3 is 0 Å². The predicted octanol–water partition coefficient (Wildman–Crippen LogP) is 6.11. The summed E-state index contributed by atoms with van der Waals surface area (Å²) < 4.78 is 0. The molecule has 0 spiro atoms. The highest BCUT2D eigenvalue weighted by Gasteiger charge is 2.24. The van der Waals surface area contributed by atoms with Crippen molar-refractivity contribution in [1.82, 2.24) is 0 Å². The summed E-state index contributed by atoms with van der Waals surface area (Å²) in [5.74, 6) is 0. The van der Waals surface area contributed by atoms with Crippen LogP contribution in [0.4, 0.5) is 0 Å². The summed E-state index contributed by atoms with van der Waals surface area (Å²) >= 11 is 0. The van der Waals surface area contributed by atoms with Crippen LogP contribution in [0.25, 0.3) is 32.7 Å². The van der Waals surface area contributed by atoms with Crippen molar-refractivity contribution in [2.75, 3.05) is 0 Å². The summed E-state index contributed by atoms with van der Waals surface area (Å²) in [5, 5.41) is 6.99. The third-order valence-electron chi connectivity index (χ3n) is 5.63. The molecule has 4 aromatic carbocycles. The molecule has 0 bridgehead atoms. The van der Waals surface area contributed by atoms with E-state index in [9.17, 15) is 0 Å². The van der Waals surface area contributed by atoms with Gasteiger partial charge in [0.25, 0.3) is 0 Å². The Kier molecular flexibility index (Phi) is 3.02. The van der Waals surface area contributed by atoms with Gasteiger partial charge in [-0.15, -0.1) is 0 Å². The van der Waals surface area contributed by atoms with Crippen LogP contribution in [-0.4, -0.2) is 8.07 Å². The highest BCUT2D eigenvalue weighted by molar-refractivity contribution is 6.88. The van der Waals surface area contributed by atoms with Gasteiger partial charge in [-0.2, -0.15) is 0 Å². The number of hydrogen-bond acceptors (Lipinski definition) is 0. The molecule has 0 aliphatic heterocycles. The lowest BCUT2D eigenvalue weighted by Gasteiger charge is -2.18. The Hall–Kier alpha value is -2.38. The molecule has 0 nitrogen and oxygen atoms in total. The van der Waals surface area contributed by atoms with Gasteiger partial charge in [-0.05, 0) is 62.4 Å². The standard InChI is InChI=1S/C24H22Si/c1-25(2,3)20-10-8-19-14-24-21(23(19)15-20)11-9-18-12-16-6-4-5-7-17(16)13-22(18)24/h4-13,15H,14H2,1-3H3. The molecule has 122 valence electrons. The first-order valence-electron chi connectivity index (χ1n) is 9.09. The molecule has 0 N–H and O–H groups in total. The first-order chi connectivity index (χ1) is 12.0. The van der Waals surface area contributed by atoms with Crippen LogP contribution in [0.2, 0.25) is 19.6 Å². The van der Waals surface area contributed by atoms with Crippen molar-refractivity contribution in [3.8, 4) is 11.1 Å². The van der Waals surface area contributed by atoms with Gasteiger partial charge in [0, 0.05) is 0 Å². The largest absolute Gasteiger partial charge is 0.0776 e. The second kappa shape index (κ2) is 5.06. The van der Waals surface area contributed by atoms with Gasteiger partial charge in [-0.3, -0.25) is 0 Å². The fourth-order valence-electron chi connectivity index (χ4n) is 4.16. The summed E-state index contributed by atoms with van der Waals surface area (Å²) in [5.41, 5.74) is 5.89. The first-order valence-corrected chi connectivity index (χ1v) is 12.6. The van der Waals surface area contributed by atoms with E-state index in [4.69, 9.17) is 0 Å². The second-order valence-corrected chi connectivity index (χ2v) is 13.4. The highest BCUT2D eigenvalue weighted by atomic mass is 28.3.